The van der Waals surface area contributed by atoms with Crippen molar-refractivity contribution in [2.75, 3.05) is 13.1 Å². The number of sulfonamides is 1. The lowest BCUT2D eigenvalue weighted by Gasteiger charge is -2.20. The molecule has 0 saturated carbocycles. The molecule has 1 aromatic rings. The Bertz CT molecular complexity index is 726. The van der Waals surface area contributed by atoms with Crippen LogP contribution >= 0.6 is 0 Å². The molecule has 1 aliphatic rings. The highest BCUT2D eigenvalue weighted by molar-refractivity contribution is 7.89. The van der Waals surface area contributed by atoms with Crippen LogP contribution in [0, 0.1) is 28.7 Å². The maximum atomic E-state index is 13.6. The van der Waals surface area contributed by atoms with E-state index in [0.717, 1.165) is 0 Å². The van der Waals surface area contributed by atoms with Gasteiger partial charge in [0.2, 0.25) is 10.0 Å². The zero-order chi connectivity index (χ0) is 16.9. The Balaban J connectivity index is 2.52. The number of aliphatic carboxylic acids is 1. The summed E-state index contributed by atoms with van der Waals surface area (Å²) in [6, 6.07) is -0.102. The number of carbonyl (C=O) groups is 1. The standard InChI is InChI=1S/C12H11F4NO4S/c1-12(11(18)19)2-3-17(5-12)22(20,21)10-8(15)6(13)4-7(14)9(10)16/h4H,2-3,5H2,1H3,(H,18,19). The molecule has 5 nitrogen and oxygen atoms in total. The third-order valence-corrected chi connectivity index (χ3v) is 5.49. The predicted molar refractivity (Wildman–Crippen MR) is 65.4 cm³/mol. The van der Waals surface area contributed by atoms with Gasteiger partial charge in [0.1, 0.15) is 0 Å². The highest BCUT2D eigenvalue weighted by Gasteiger charge is 2.46. The SMILES string of the molecule is CC1(C(=O)O)CCN(S(=O)(=O)c2c(F)c(F)cc(F)c2F)C1. The van der Waals surface area contributed by atoms with Crippen LogP contribution in [0.15, 0.2) is 11.0 Å². The molecule has 0 aromatic heterocycles. The molecule has 1 fully saturated rings. The fraction of sp³-hybridized carbons (Fsp3) is 0.417. The minimum atomic E-state index is -4.91. The predicted octanol–water partition coefficient (Wildman–Crippen LogP) is 1.73. The van der Waals surface area contributed by atoms with Crippen LogP contribution in [0.5, 0.6) is 0 Å². The lowest BCUT2D eigenvalue weighted by molar-refractivity contribution is -0.146. The second kappa shape index (κ2) is 5.20. The minimum absolute atomic E-state index is 0.0946. The number of benzene rings is 1. The number of hydrogen-bond acceptors (Lipinski definition) is 3. The number of nitrogens with zero attached hydrogens (tertiary/aromatic N) is 1. The van der Waals surface area contributed by atoms with Crippen molar-refractivity contribution in [3.8, 4) is 0 Å². The van der Waals surface area contributed by atoms with Crippen molar-refractivity contribution in [1.82, 2.24) is 4.31 Å². The Labute approximate surface area is 123 Å². The van der Waals surface area contributed by atoms with Crippen LogP contribution in [0.2, 0.25) is 0 Å². The molecule has 22 heavy (non-hydrogen) atoms. The molecule has 122 valence electrons. The second-order valence-corrected chi connectivity index (χ2v) is 7.13. The Morgan fingerprint density at radius 1 is 1.23 bits per heavy atom. The summed E-state index contributed by atoms with van der Waals surface area (Å²) in [5, 5.41) is 9.03. The summed E-state index contributed by atoms with van der Waals surface area (Å²) < 4.78 is 78.5. The molecule has 0 amide bonds. The quantitative estimate of drug-likeness (QED) is 0.671. The summed E-state index contributed by atoms with van der Waals surface area (Å²) in [4.78, 5) is 9.33. The van der Waals surface area contributed by atoms with E-state index < -0.39 is 56.1 Å². The minimum Gasteiger partial charge on any atom is -0.481 e. The van der Waals surface area contributed by atoms with E-state index in [-0.39, 0.29) is 19.0 Å². The van der Waals surface area contributed by atoms with Gasteiger partial charge in [-0.1, -0.05) is 0 Å². The van der Waals surface area contributed by atoms with Gasteiger partial charge in [-0.3, -0.25) is 4.79 Å². The number of halogens is 4. The van der Waals surface area contributed by atoms with Crippen molar-refractivity contribution in [2.24, 2.45) is 5.41 Å². The molecule has 2 rings (SSSR count). The number of rotatable bonds is 3. The summed E-state index contributed by atoms with van der Waals surface area (Å²) in [5.41, 5.74) is -1.44. The fourth-order valence-electron chi connectivity index (χ4n) is 2.21. The van der Waals surface area contributed by atoms with Crippen LogP contribution in [0.4, 0.5) is 17.6 Å². The van der Waals surface area contributed by atoms with E-state index in [1.165, 1.54) is 6.92 Å². The Morgan fingerprint density at radius 3 is 2.14 bits per heavy atom. The average molecular weight is 341 g/mol. The molecule has 1 heterocycles. The van der Waals surface area contributed by atoms with Crippen LogP contribution in [-0.2, 0) is 14.8 Å². The number of carboxylic acids is 1. The van der Waals surface area contributed by atoms with Gasteiger partial charge in [-0.15, -0.1) is 0 Å². The number of hydrogen-bond donors (Lipinski definition) is 1. The largest absolute Gasteiger partial charge is 0.481 e. The molecule has 0 bridgehead atoms. The van der Waals surface area contributed by atoms with E-state index in [1.54, 1.807) is 0 Å². The molecule has 1 saturated heterocycles. The molecule has 1 aliphatic heterocycles. The Hall–Kier alpha value is -1.68. The lowest BCUT2D eigenvalue weighted by Crippen LogP contribution is -2.35. The smallest absolute Gasteiger partial charge is 0.310 e. The summed E-state index contributed by atoms with van der Waals surface area (Å²) in [7, 11) is -4.91. The van der Waals surface area contributed by atoms with E-state index >= 15 is 0 Å². The maximum absolute atomic E-state index is 13.6. The van der Waals surface area contributed by atoms with Crippen LogP contribution in [-0.4, -0.2) is 36.9 Å². The summed E-state index contributed by atoms with van der Waals surface area (Å²) in [6.07, 6.45) is -0.0946. The van der Waals surface area contributed by atoms with E-state index in [9.17, 15) is 30.8 Å². The first-order chi connectivity index (χ1) is 10.0. The van der Waals surface area contributed by atoms with E-state index in [4.69, 9.17) is 5.11 Å². The Kier molecular flexibility index (Phi) is 3.94. The fourth-order valence-corrected chi connectivity index (χ4v) is 3.90. The second-order valence-electron chi connectivity index (χ2n) is 5.25. The Morgan fingerprint density at radius 2 is 1.73 bits per heavy atom. The van der Waals surface area contributed by atoms with Gasteiger partial charge in [0.15, 0.2) is 28.2 Å². The third-order valence-electron chi connectivity index (χ3n) is 3.62. The van der Waals surface area contributed by atoms with Crippen molar-refractivity contribution in [1.29, 1.82) is 0 Å². The first-order valence-electron chi connectivity index (χ1n) is 6.07. The zero-order valence-electron chi connectivity index (χ0n) is 11.2. The van der Waals surface area contributed by atoms with E-state index in [0.29, 0.717) is 4.31 Å². The van der Waals surface area contributed by atoms with Crippen LogP contribution in [0.1, 0.15) is 13.3 Å². The van der Waals surface area contributed by atoms with Gasteiger partial charge in [-0.05, 0) is 13.3 Å². The van der Waals surface area contributed by atoms with Crippen molar-refractivity contribution >= 4 is 16.0 Å². The van der Waals surface area contributed by atoms with Gasteiger partial charge in [0.05, 0.1) is 5.41 Å². The van der Waals surface area contributed by atoms with Crippen LogP contribution in [0.3, 0.4) is 0 Å². The first-order valence-corrected chi connectivity index (χ1v) is 7.51. The van der Waals surface area contributed by atoms with Crippen molar-refractivity contribution in [3.63, 3.8) is 0 Å². The van der Waals surface area contributed by atoms with Gasteiger partial charge in [-0.2, -0.15) is 4.31 Å². The zero-order valence-corrected chi connectivity index (χ0v) is 12.1. The molecule has 1 unspecified atom stereocenters. The highest BCUT2D eigenvalue weighted by Crippen LogP contribution is 2.35. The molecule has 1 N–H and O–H groups in total. The van der Waals surface area contributed by atoms with E-state index in [2.05, 4.69) is 0 Å². The van der Waals surface area contributed by atoms with E-state index in [1.807, 2.05) is 0 Å². The third kappa shape index (κ3) is 2.45. The molecule has 10 heteroatoms. The normalized spacial score (nSPS) is 23.0. The topological polar surface area (TPSA) is 74.7 Å². The molecule has 0 radical (unpaired) electrons. The molecular weight excluding hydrogens is 330 g/mol. The van der Waals surface area contributed by atoms with Crippen molar-refractivity contribution in [2.45, 2.75) is 18.2 Å². The summed E-state index contributed by atoms with van der Waals surface area (Å²) in [6.45, 7) is 0.382. The number of carboxylic acid groups (broad SMARTS) is 1. The summed E-state index contributed by atoms with van der Waals surface area (Å²) >= 11 is 0. The maximum Gasteiger partial charge on any atom is 0.310 e. The van der Waals surface area contributed by atoms with Gasteiger partial charge < -0.3 is 5.11 Å². The van der Waals surface area contributed by atoms with Crippen LogP contribution in [0.25, 0.3) is 0 Å². The molecule has 0 aliphatic carbocycles. The lowest BCUT2D eigenvalue weighted by atomic mass is 9.90. The van der Waals surface area contributed by atoms with Gasteiger partial charge >= 0.3 is 5.97 Å². The van der Waals surface area contributed by atoms with Crippen molar-refractivity contribution < 1.29 is 35.9 Å². The summed E-state index contributed by atoms with van der Waals surface area (Å²) in [5.74, 6) is -9.06. The molecule has 0 spiro atoms. The monoisotopic (exact) mass is 341 g/mol. The van der Waals surface area contributed by atoms with Crippen molar-refractivity contribution in [3.05, 3.63) is 29.3 Å². The first kappa shape index (κ1) is 16.7. The highest BCUT2D eigenvalue weighted by atomic mass is 32.2. The van der Waals surface area contributed by atoms with Gasteiger partial charge in [0.25, 0.3) is 0 Å². The average Bonchev–Trinajstić information content (AvgIpc) is 2.81. The van der Waals surface area contributed by atoms with Gasteiger partial charge in [-0.25, -0.2) is 26.0 Å². The molecule has 1 aromatic carbocycles. The molecular formula is C12H11F4NO4S. The van der Waals surface area contributed by atoms with Crippen LogP contribution < -0.4 is 0 Å². The molecule has 1 atom stereocenters. The van der Waals surface area contributed by atoms with Gasteiger partial charge in [0, 0.05) is 19.2 Å².